The van der Waals surface area contributed by atoms with Gasteiger partial charge in [0.1, 0.15) is 0 Å². The van der Waals surface area contributed by atoms with Gasteiger partial charge in [0, 0.05) is 50.7 Å². The molecule has 0 radical (unpaired) electrons. The van der Waals surface area contributed by atoms with E-state index in [-0.39, 0.29) is 44.7 Å². The van der Waals surface area contributed by atoms with Crippen molar-refractivity contribution < 1.29 is 0 Å². The maximum Gasteiger partial charge on any atom is 0.252 e. The molecule has 5 aliphatic rings. The van der Waals surface area contributed by atoms with E-state index in [4.69, 9.17) is 0 Å². The third-order valence-corrected chi connectivity index (χ3v) is 21.2. The fourth-order valence-electron chi connectivity index (χ4n) is 16.6. The van der Waals surface area contributed by atoms with Crippen molar-refractivity contribution in [2.75, 3.05) is 14.7 Å². The van der Waals surface area contributed by atoms with E-state index in [1.165, 1.54) is 141 Å². The van der Waals surface area contributed by atoms with Crippen molar-refractivity contribution in [3.05, 3.63) is 221 Å². The summed E-state index contributed by atoms with van der Waals surface area (Å²) in [6.45, 7) is 36.4. The summed E-state index contributed by atoms with van der Waals surface area (Å²) in [6, 6.07) is 74.0. The third kappa shape index (κ3) is 8.56. The van der Waals surface area contributed by atoms with Gasteiger partial charge < -0.3 is 14.7 Å². The summed E-state index contributed by atoms with van der Waals surface area (Å²) in [5, 5.41) is 0. The van der Waals surface area contributed by atoms with Crippen LogP contribution in [0.1, 0.15) is 169 Å². The van der Waals surface area contributed by atoms with Crippen LogP contribution in [0.25, 0.3) is 33.4 Å². The quantitative estimate of drug-likeness (QED) is 0.154. The molecule has 9 aromatic rings. The molecular formula is C81H86BN3. The molecule has 1 fully saturated rings. The summed E-state index contributed by atoms with van der Waals surface area (Å²) in [4.78, 5) is 8.33. The van der Waals surface area contributed by atoms with Gasteiger partial charge in [0.2, 0.25) is 0 Å². The van der Waals surface area contributed by atoms with Gasteiger partial charge in [-0.05, 0) is 180 Å². The van der Waals surface area contributed by atoms with Crippen molar-refractivity contribution in [3.63, 3.8) is 0 Å². The van der Waals surface area contributed by atoms with Gasteiger partial charge in [0.05, 0.1) is 16.9 Å². The zero-order valence-electron chi connectivity index (χ0n) is 53.4. The minimum Gasteiger partial charge on any atom is -0.334 e. The first-order chi connectivity index (χ1) is 40.3. The molecular weight excluding hydrogens is 1030 g/mol. The van der Waals surface area contributed by atoms with Crippen LogP contribution in [0.15, 0.2) is 188 Å². The van der Waals surface area contributed by atoms with Crippen LogP contribution in [-0.2, 0) is 32.5 Å². The van der Waals surface area contributed by atoms with Crippen molar-refractivity contribution in [3.8, 4) is 33.4 Å². The molecule has 2 atom stereocenters. The lowest BCUT2D eigenvalue weighted by molar-refractivity contribution is 0.195. The lowest BCUT2D eigenvalue weighted by Crippen LogP contribution is -2.62. The Kier molecular flexibility index (Phi) is 12.3. The summed E-state index contributed by atoms with van der Waals surface area (Å²) in [6.07, 6.45) is 5.77. The molecule has 0 saturated heterocycles. The smallest absolute Gasteiger partial charge is 0.252 e. The van der Waals surface area contributed by atoms with Crippen LogP contribution in [0.5, 0.6) is 0 Å². The number of anilines is 8. The predicted octanol–water partition coefficient (Wildman–Crippen LogP) is 20.4. The van der Waals surface area contributed by atoms with Crippen molar-refractivity contribution in [1.29, 1.82) is 0 Å². The Morgan fingerprint density at radius 3 is 1.34 bits per heavy atom. The second kappa shape index (κ2) is 19.0. The summed E-state index contributed by atoms with van der Waals surface area (Å²) < 4.78 is 0. The maximum absolute atomic E-state index is 2.86. The molecule has 4 heteroatoms. The molecule has 0 amide bonds. The van der Waals surface area contributed by atoms with Gasteiger partial charge >= 0.3 is 0 Å². The molecule has 0 N–H and O–H groups in total. The molecule has 2 unspecified atom stereocenters. The molecule has 3 nitrogen and oxygen atoms in total. The number of hydrogen-bond donors (Lipinski definition) is 0. The number of benzene rings is 9. The van der Waals surface area contributed by atoms with Gasteiger partial charge in [-0.15, -0.1) is 0 Å². The summed E-state index contributed by atoms with van der Waals surface area (Å²) in [5.41, 5.74) is 29.4. The van der Waals surface area contributed by atoms with Crippen molar-refractivity contribution in [2.24, 2.45) is 0 Å². The highest BCUT2D eigenvalue weighted by Gasteiger charge is 2.59. The predicted molar refractivity (Wildman–Crippen MR) is 366 cm³/mol. The molecule has 3 aliphatic heterocycles. The Morgan fingerprint density at radius 1 is 0.365 bits per heavy atom. The van der Waals surface area contributed by atoms with E-state index in [0.29, 0.717) is 0 Å². The van der Waals surface area contributed by atoms with E-state index in [9.17, 15) is 0 Å². The first-order valence-electron chi connectivity index (χ1n) is 31.8. The van der Waals surface area contributed by atoms with Crippen LogP contribution in [0.3, 0.4) is 0 Å². The summed E-state index contributed by atoms with van der Waals surface area (Å²) in [7, 11) is 0. The highest BCUT2D eigenvalue weighted by atomic mass is 15.3. The Labute approximate surface area is 509 Å². The van der Waals surface area contributed by atoms with Gasteiger partial charge in [0.25, 0.3) is 6.71 Å². The maximum atomic E-state index is 2.86. The van der Waals surface area contributed by atoms with Gasteiger partial charge in [0.15, 0.2) is 0 Å². The first-order valence-corrected chi connectivity index (χ1v) is 31.8. The monoisotopic (exact) mass is 1110 g/mol. The Hall–Kier alpha value is -7.56. The highest BCUT2D eigenvalue weighted by molar-refractivity contribution is 7.00. The Balaban J connectivity index is 1.17. The molecule has 0 aromatic heterocycles. The van der Waals surface area contributed by atoms with Crippen molar-refractivity contribution in [2.45, 2.75) is 174 Å². The largest absolute Gasteiger partial charge is 0.334 e. The topological polar surface area (TPSA) is 9.72 Å². The number of fused-ring (bicyclic) bond motifs is 8. The Bertz CT molecular complexity index is 4150. The van der Waals surface area contributed by atoms with E-state index in [1.54, 1.807) is 0 Å². The van der Waals surface area contributed by atoms with E-state index in [2.05, 4.69) is 307 Å². The average molecular weight is 1110 g/mol. The van der Waals surface area contributed by atoms with Gasteiger partial charge in [-0.3, -0.25) is 0 Å². The standard InChI is InChI=1S/C81H86BN3/c1-75(2,3)56-34-38-67(60(44-56)53-29-21-17-22-30-53)83-70-37-33-55(52-27-19-16-20-28-52)43-65(70)82-66-49-62-63(79(12,13)51-78(62,10)11)50-71(66)84(68-39-35-57(76(4,5)6)45-61(68)54-31-23-18-24-32-54)73-48-59(47-72(83)74(73)82)85-69-40-36-58(77(7,8)9)46-64(69)80(14)41-25-26-42-81(80,85)15/h16-24,27-40,43-50H,25-26,41-42,51H2,1-15H3. The van der Waals surface area contributed by atoms with Gasteiger partial charge in [-0.2, -0.15) is 0 Å². The van der Waals surface area contributed by atoms with Gasteiger partial charge in [-0.25, -0.2) is 0 Å². The minimum absolute atomic E-state index is 0.0129. The first kappa shape index (κ1) is 55.3. The molecule has 85 heavy (non-hydrogen) atoms. The number of hydrogen-bond acceptors (Lipinski definition) is 3. The molecule has 14 rings (SSSR count). The highest BCUT2D eigenvalue weighted by Crippen LogP contribution is 2.63. The van der Waals surface area contributed by atoms with Crippen molar-refractivity contribution >= 4 is 68.6 Å². The molecule has 0 spiro atoms. The van der Waals surface area contributed by atoms with Crippen LogP contribution in [0.2, 0.25) is 0 Å². The summed E-state index contributed by atoms with van der Waals surface area (Å²) >= 11 is 0. The van der Waals surface area contributed by atoms with Crippen LogP contribution in [0.4, 0.5) is 45.5 Å². The zero-order valence-corrected chi connectivity index (χ0v) is 53.4. The SMILES string of the molecule is CC(C)(C)c1ccc(N2c3ccc(-c4ccccc4)cc3B3c4cc5c(cc4N(c4ccc(C(C)(C)C)cc4-c4ccccc4)c4cc(N6c7ccc(C(C)(C)C)cc7C7(C)CCCCC67C)cc2c43)C(C)(C)CC5(C)C)c(-c2ccccc2)c1. The van der Waals surface area contributed by atoms with E-state index in [1.807, 2.05) is 0 Å². The van der Waals surface area contributed by atoms with Crippen LogP contribution >= 0.6 is 0 Å². The van der Waals surface area contributed by atoms with Crippen LogP contribution in [-0.4, -0.2) is 12.3 Å². The van der Waals surface area contributed by atoms with E-state index >= 15 is 0 Å². The van der Waals surface area contributed by atoms with Crippen molar-refractivity contribution in [1.82, 2.24) is 0 Å². The zero-order chi connectivity index (χ0) is 59.5. The number of rotatable bonds is 6. The second-order valence-corrected chi connectivity index (χ2v) is 30.9. The molecule has 0 bridgehead atoms. The fourth-order valence-corrected chi connectivity index (χ4v) is 16.6. The second-order valence-electron chi connectivity index (χ2n) is 30.9. The summed E-state index contributed by atoms with van der Waals surface area (Å²) in [5.74, 6) is 0. The van der Waals surface area contributed by atoms with E-state index in [0.717, 1.165) is 19.3 Å². The molecule has 2 aliphatic carbocycles. The minimum atomic E-state index is -0.201. The average Bonchev–Trinajstić information content (AvgIpc) is 1.70. The van der Waals surface area contributed by atoms with Gasteiger partial charge in [-0.1, -0.05) is 243 Å². The molecule has 1 saturated carbocycles. The number of nitrogens with zero attached hydrogens (tertiary/aromatic N) is 3. The lowest BCUT2D eigenvalue weighted by atomic mass is 9.33. The normalized spacial score (nSPS) is 19.9. The molecule has 428 valence electrons. The van der Waals surface area contributed by atoms with Crippen LogP contribution < -0.4 is 31.1 Å². The van der Waals surface area contributed by atoms with Crippen LogP contribution in [0, 0.1) is 0 Å². The Morgan fingerprint density at radius 2 is 0.812 bits per heavy atom. The van der Waals surface area contributed by atoms with E-state index < -0.39 is 0 Å². The lowest BCUT2D eigenvalue weighted by Gasteiger charge is -2.51. The third-order valence-electron chi connectivity index (χ3n) is 21.2. The fraction of sp³-hybridized carbons (Fsp3) is 0.333. The molecule has 9 aromatic carbocycles. The molecule has 3 heterocycles.